The number of ketones is 1. The smallest absolute Gasteiger partial charge is 0.338 e. The van der Waals surface area contributed by atoms with Gasteiger partial charge in [-0.15, -0.1) is 0 Å². The molecule has 0 aliphatic carbocycles. The van der Waals surface area contributed by atoms with Gasteiger partial charge in [0.15, 0.2) is 0 Å². The van der Waals surface area contributed by atoms with E-state index in [1.807, 2.05) is 19.1 Å². The van der Waals surface area contributed by atoms with Crippen molar-refractivity contribution in [2.45, 2.75) is 19.9 Å². The molecule has 3 aromatic rings. The zero-order chi connectivity index (χ0) is 26.7. The highest BCUT2D eigenvalue weighted by Crippen LogP contribution is 2.44. The highest BCUT2D eigenvalue weighted by Gasteiger charge is 2.47. The molecule has 0 saturated carbocycles. The highest BCUT2D eigenvalue weighted by atomic mass is 16.5. The van der Waals surface area contributed by atoms with Crippen molar-refractivity contribution in [3.63, 3.8) is 0 Å². The van der Waals surface area contributed by atoms with Crippen molar-refractivity contribution >= 4 is 29.1 Å². The van der Waals surface area contributed by atoms with Crippen LogP contribution in [0, 0.1) is 6.92 Å². The van der Waals surface area contributed by atoms with E-state index >= 15 is 0 Å². The molecule has 8 nitrogen and oxygen atoms in total. The number of aliphatic hydroxyl groups is 1. The molecule has 190 valence electrons. The van der Waals surface area contributed by atoms with Crippen LogP contribution in [0.2, 0.25) is 0 Å². The maximum atomic E-state index is 13.5. The van der Waals surface area contributed by atoms with E-state index in [0.717, 1.165) is 5.56 Å². The standard InChI is InChI=1S/C29H27NO7/c1-5-37-29(34)18-10-8-11-19(15-18)30-25(21-12-7-6-9-17(21)2)24(27(32)28(30)33)26(31)22-16-20(35-3)13-14-23(22)36-4/h6-16,25,31H,5H2,1-4H3/b26-24+. The molecule has 1 saturated heterocycles. The average molecular weight is 502 g/mol. The molecule has 4 rings (SSSR count). The molecule has 1 aliphatic heterocycles. The van der Waals surface area contributed by atoms with E-state index in [9.17, 15) is 19.5 Å². The molecule has 1 fully saturated rings. The Balaban J connectivity index is 1.97. The first-order chi connectivity index (χ1) is 17.8. The summed E-state index contributed by atoms with van der Waals surface area (Å²) in [6.45, 7) is 3.75. The first-order valence-electron chi connectivity index (χ1n) is 11.7. The molecule has 1 heterocycles. The van der Waals surface area contributed by atoms with Gasteiger partial charge >= 0.3 is 5.97 Å². The Hall–Kier alpha value is -4.59. The van der Waals surface area contributed by atoms with Crippen molar-refractivity contribution in [1.82, 2.24) is 0 Å². The van der Waals surface area contributed by atoms with Crippen LogP contribution in [-0.2, 0) is 14.3 Å². The number of hydrogen-bond acceptors (Lipinski definition) is 7. The van der Waals surface area contributed by atoms with Gasteiger partial charge in [-0.1, -0.05) is 30.3 Å². The lowest BCUT2D eigenvalue weighted by molar-refractivity contribution is -0.132. The number of hydrogen-bond donors (Lipinski definition) is 1. The Kier molecular flexibility index (Phi) is 7.29. The number of ether oxygens (including phenoxy) is 3. The van der Waals surface area contributed by atoms with Crippen LogP contribution < -0.4 is 14.4 Å². The molecule has 0 radical (unpaired) electrons. The Bertz CT molecular complexity index is 1410. The second-order valence-electron chi connectivity index (χ2n) is 8.36. The van der Waals surface area contributed by atoms with Gasteiger partial charge in [0.1, 0.15) is 17.3 Å². The van der Waals surface area contributed by atoms with Gasteiger partial charge in [0.05, 0.1) is 43.6 Å². The van der Waals surface area contributed by atoms with E-state index in [0.29, 0.717) is 22.7 Å². The van der Waals surface area contributed by atoms with Gasteiger partial charge in [-0.3, -0.25) is 14.5 Å². The molecule has 3 aromatic carbocycles. The third-order valence-corrected chi connectivity index (χ3v) is 6.22. The van der Waals surface area contributed by atoms with Gasteiger partial charge in [-0.2, -0.15) is 0 Å². The molecule has 1 aliphatic rings. The van der Waals surface area contributed by atoms with Gasteiger partial charge in [0, 0.05) is 5.69 Å². The van der Waals surface area contributed by atoms with Gasteiger partial charge in [-0.25, -0.2) is 4.79 Å². The number of benzene rings is 3. The summed E-state index contributed by atoms with van der Waals surface area (Å²) in [6, 6.07) is 17.5. The lowest BCUT2D eigenvalue weighted by Gasteiger charge is -2.27. The van der Waals surface area contributed by atoms with Crippen molar-refractivity contribution < 1.29 is 33.7 Å². The summed E-state index contributed by atoms with van der Waals surface area (Å²) >= 11 is 0. The zero-order valence-electron chi connectivity index (χ0n) is 21.0. The predicted octanol–water partition coefficient (Wildman–Crippen LogP) is 4.82. The van der Waals surface area contributed by atoms with E-state index in [2.05, 4.69) is 0 Å². The van der Waals surface area contributed by atoms with Crippen LogP contribution in [0.15, 0.2) is 72.3 Å². The molecule has 1 atom stereocenters. The summed E-state index contributed by atoms with van der Waals surface area (Å²) in [7, 11) is 2.92. The number of methoxy groups -OCH3 is 2. The monoisotopic (exact) mass is 501 g/mol. The number of carbonyl (C=O) groups is 3. The molecule has 37 heavy (non-hydrogen) atoms. The van der Waals surface area contributed by atoms with Crippen LogP contribution in [0.4, 0.5) is 5.69 Å². The van der Waals surface area contributed by atoms with Crippen molar-refractivity contribution in [3.05, 3.63) is 94.6 Å². The zero-order valence-corrected chi connectivity index (χ0v) is 21.0. The largest absolute Gasteiger partial charge is 0.507 e. The van der Waals surface area contributed by atoms with Gasteiger partial charge in [0.25, 0.3) is 11.7 Å². The third kappa shape index (κ3) is 4.65. The minimum atomic E-state index is -0.963. The molecule has 1 amide bonds. The second-order valence-corrected chi connectivity index (χ2v) is 8.36. The molecule has 0 aromatic heterocycles. The van der Waals surface area contributed by atoms with Crippen molar-refractivity contribution in [1.29, 1.82) is 0 Å². The number of aliphatic hydroxyl groups excluding tert-OH is 1. The van der Waals surface area contributed by atoms with Crippen LogP contribution in [0.5, 0.6) is 11.5 Å². The average Bonchev–Trinajstić information content (AvgIpc) is 3.18. The summed E-state index contributed by atoms with van der Waals surface area (Å²) in [6.07, 6.45) is 0. The van der Waals surface area contributed by atoms with Crippen LogP contribution in [0.3, 0.4) is 0 Å². The number of carbonyl (C=O) groups excluding carboxylic acids is 3. The Labute approximate surface area is 214 Å². The maximum Gasteiger partial charge on any atom is 0.338 e. The number of Topliss-reactive ketones (excluding diaryl/α,β-unsaturated/α-hetero) is 1. The lowest BCUT2D eigenvalue weighted by atomic mass is 9.92. The number of anilines is 1. The first-order valence-corrected chi connectivity index (χ1v) is 11.7. The topological polar surface area (TPSA) is 102 Å². The number of rotatable bonds is 7. The quantitative estimate of drug-likeness (QED) is 0.214. The highest BCUT2D eigenvalue weighted by molar-refractivity contribution is 6.51. The van der Waals surface area contributed by atoms with Crippen molar-refractivity contribution in [3.8, 4) is 11.5 Å². The summed E-state index contributed by atoms with van der Waals surface area (Å²) in [5.41, 5.74) is 2.11. The maximum absolute atomic E-state index is 13.5. The summed E-state index contributed by atoms with van der Waals surface area (Å²) < 4.78 is 15.8. The van der Waals surface area contributed by atoms with Crippen molar-refractivity contribution in [2.24, 2.45) is 0 Å². The van der Waals surface area contributed by atoms with E-state index in [4.69, 9.17) is 14.2 Å². The predicted molar refractivity (Wildman–Crippen MR) is 138 cm³/mol. The number of aryl methyl sites for hydroxylation is 1. The molecular formula is C29H27NO7. The molecule has 8 heteroatoms. The normalized spacial score (nSPS) is 16.5. The summed E-state index contributed by atoms with van der Waals surface area (Å²) in [5, 5.41) is 11.5. The van der Waals surface area contributed by atoms with Gasteiger partial charge in [-0.05, 0) is 61.4 Å². The fourth-order valence-electron chi connectivity index (χ4n) is 4.43. The van der Waals surface area contributed by atoms with E-state index in [1.54, 1.807) is 49.4 Å². The van der Waals surface area contributed by atoms with Gasteiger partial charge in [0.2, 0.25) is 0 Å². The fourth-order valence-corrected chi connectivity index (χ4v) is 4.43. The van der Waals surface area contributed by atoms with Crippen LogP contribution in [0.25, 0.3) is 5.76 Å². The molecule has 0 spiro atoms. The van der Waals surface area contributed by atoms with E-state index in [1.165, 1.54) is 31.3 Å². The number of esters is 1. The Morgan fingerprint density at radius 2 is 1.73 bits per heavy atom. The molecular weight excluding hydrogens is 474 g/mol. The minimum Gasteiger partial charge on any atom is -0.507 e. The summed E-state index contributed by atoms with van der Waals surface area (Å²) in [5.74, 6) is -1.90. The first kappa shape index (κ1) is 25.5. The van der Waals surface area contributed by atoms with Gasteiger partial charge < -0.3 is 19.3 Å². The lowest BCUT2D eigenvalue weighted by Crippen LogP contribution is -2.30. The Morgan fingerprint density at radius 3 is 2.41 bits per heavy atom. The second kappa shape index (κ2) is 10.6. The van der Waals surface area contributed by atoms with Crippen LogP contribution in [0.1, 0.15) is 40.0 Å². The minimum absolute atomic E-state index is 0.104. The molecule has 1 N–H and O–H groups in total. The molecule has 0 bridgehead atoms. The number of nitrogens with zero attached hydrogens (tertiary/aromatic N) is 1. The van der Waals surface area contributed by atoms with E-state index < -0.39 is 29.5 Å². The molecule has 1 unspecified atom stereocenters. The fraction of sp³-hybridized carbons (Fsp3) is 0.207. The van der Waals surface area contributed by atoms with Crippen LogP contribution >= 0.6 is 0 Å². The van der Waals surface area contributed by atoms with Crippen molar-refractivity contribution in [2.75, 3.05) is 25.7 Å². The summed E-state index contributed by atoms with van der Waals surface area (Å²) in [4.78, 5) is 40.7. The van der Waals surface area contributed by atoms with E-state index in [-0.39, 0.29) is 23.3 Å². The third-order valence-electron chi connectivity index (χ3n) is 6.22. The number of amides is 1. The SMILES string of the molecule is CCOC(=O)c1cccc(N2C(=O)C(=O)/C(=C(/O)c3cc(OC)ccc3OC)C2c2ccccc2C)c1. The van der Waals surface area contributed by atoms with Crippen LogP contribution in [-0.4, -0.2) is 43.6 Å². The Morgan fingerprint density at radius 1 is 0.973 bits per heavy atom.